The zero-order chi connectivity index (χ0) is 19.1. The summed E-state index contributed by atoms with van der Waals surface area (Å²) in [5, 5.41) is 0.509. The molecular formula is C19H24ClN5O2. The predicted molar refractivity (Wildman–Crippen MR) is 104 cm³/mol. The quantitative estimate of drug-likeness (QED) is 0.787. The van der Waals surface area contributed by atoms with Crippen molar-refractivity contribution in [3.05, 3.63) is 45.5 Å². The lowest BCUT2D eigenvalue weighted by Crippen LogP contribution is -2.45. The Labute approximate surface area is 163 Å². The van der Waals surface area contributed by atoms with Gasteiger partial charge in [0.15, 0.2) is 0 Å². The SMILES string of the molecule is CN(C)C(=O)N1C[C@H]2CC[C@@H](C1)N(Cc1cc(=O)n3cc(Cl)ccc3n1)C2. The minimum absolute atomic E-state index is 0.0766. The Balaban J connectivity index is 1.56. The smallest absolute Gasteiger partial charge is 0.319 e. The topological polar surface area (TPSA) is 61.2 Å². The van der Waals surface area contributed by atoms with Crippen LogP contribution < -0.4 is 5.56 Å². The Morgan fingerprint density at radius 1 is 1.26 bits per heavy atom. The third-order valence-electron chi connectivity index (χ3n) is 5.52. The summed E-state index contributed by atoms with van der Waals surface area (Å²) >= 11 is 5.98. The van der Waals surface area contributed by atoms with Crippen LogP contribution in [0.4, 0.5) is 4.79 Å². The minimum atomic E-state index is -0.123. The first-order chi connectivity index (χ1) is 12.9. The number of hydrogen-bond acceptors (Lipinski definition) is 4. The van der Waals surface area contributed by atoms with Crippen LogP contribution in [0, 0.1) is 5.92 Å². The lowest BCUT2D eigenvalue weighted by Gasteiger charge is -2.35. The number of carbonyl (C=O) groups is 1. The van der Waals surface area contributed by atoms with Gasteiger partial charge in [-0.2, -0.15) is 0 Å². The molecule has 0 radical (unpaired) electrons. The van der Waals surface area contributed by atoms with E-state index >= 15 is 0 Å². The van der Waals surface area contributed by atoms with E-state index in [-0.39, 0.29) is 11.6 Å². The van der Waals surface area contributed by atoms with Gasteiger partial charge in [0, 0.05) is 58.6 Å². The van der Waals surface area contributed by atoms with Gasteiger partial charge in [0.25, 0.3) is 5.56 Å². The molecule has 2 bridgehead atoms. The number of amides is 2. The molecule has 2 aromatic rings. The van der Waals surface area contributed by atoms with Crippen molar-refractivity contribution in [2.24, 2.45) is 5.92 Å². The van der Waals surface area contributed by atoms with Crippen LogP contribution >= 0.6 is 11.6 Å². The fraction of sp³-hybridized carbons (Fsp3) is 0.526. The Hall–Kier alpha value is -2.12. The van der Waals surface area contributed by atoms with Crippen LogP contribution in [0.15, 0.2) is 29.2 Å². The highest BCUT2D eigenvalue weighted by Crippen LogP contribution is 2.29. The molecule has 0 saturated carbocycles. The van der Waals surface area contributed by atoms with E-state index in [1.54, 1.807) is 43.4 Å². The van der Waals surface area contributed by atoms with Gasteiger partial charge in [-0.3, -0.25) is 14.1 Å². The van der Waals surface area contributed by atoms with Crippen molar-refractivity contribution >= 4 is 23.3 Å². The molecule has 8 heteroatoms. The van der Waals surface area contributed by atoms with Crippen LogP contribution in [0.3, 0.4) is 0 Å². The van der Waals surface area contributed by atoms with E-state index in [2.05, 4.69) is 9.88 Å². The summed E-state index contributed by atoms with van der Waals surface area (Å²) in [5.41, 5.74) is 1.24. The van der Waals surface area contributed by atoms with Gasteiger partial charge in [-0.25, -0.2) is 9.78 Å². The summed E-state index contributed by atoms with van der Waals surface area (Å²) < 4.78 is 1.47. The van der Waals surface area contributed by atoms with E-state index < -0.39 is 0 Å². The number of urea groups is 1. The summed E-state index contributed by atoms with van der Waals surface area (Å²) in [7, 11) is 3.59. The lowest BCUT2D eigenvalue weighted by molar-refractivity contribution is 0.121. The summed E-state index contributed by atoms with van der Waals surface area (Å²) in [6.45, 7) is 3.09. The normalized spacial score (nSPS) is 22.9. The second-order valence-corrected chi connectivity index (χ2v) is 8.21. The zero-order valence-corrected chi connectivity index (χ0v) is 16.4. The average Bonchev–Trinajstić information content (AvgIpc) is 2.93. The van der Waals surface area contributed by atoms with Gasteiger partial charge in [0.1, 0.15) is 5.65 Å². The highest BCUT2D eigenvalue weighted by Gasteiger charge is 2.36. The molecule has 0 aliphatic carbocycles. The standard InChI is InChI=1S/C19H24ClN5O2/c1-22(2)19(27)24-9-13-3-5-16(12-24)23(8-13)11-15-7-18(26)25-10-14(20)4-6-17(25)21-15/h4,6-7,10,13,16H,3,5,8-9,11-12H2,1-2H3/t13-,16-/m0/s1. The largest absolute Gasteiger partial charge is 0.331 e. The second-order valence-electron chi connectivity index (χ2n) is 7.77. The van der Waals surface area contributed by atoms with Gasteiger partial charge in [-0.15, -0.1) is 0 Å². The summed E-state index contributed by atoms with van der Waals surface area (Å²) in [6, 6.07) is 5.47. The van der Waals surface area contributed by atoms with E-state index in [0.717, 1.165) is 38.2 Å². The fourth-order valence-electron chi connectivity index (χ4n) is 4.23. The van der Waals surface area contributed by atoms with E-state index in [4.69, 9.17) is 11.6 Å². The number of rotatable bonds is 2. The van der Waals surface area contributed by atoms with Crippen LogP contribution in [0.1, 0.15) is 18.5 Å². The summed E-state index contributed by atoms with van der Waals surface area (Å²) in [4.78, 5) is 35.5. The molecular weight excluding hydrogens is 366 g/mol. The molecule has 3 saturated heterocycles. The molecule has 5 heterocycles. The van der Waals surface area contributed by atoms with E-state index in [1.807, 2.05) is 4.90 Å². The first-order valence-electron chi connectivity index (χ1n) is 9.29. The molecule has 3 aliphatic heterocycles. The molecule has 3 aliphatic rings. The number of fused-ring (bicyclic) bond motifs is 5. The van der Waals surface area contributed by atoms with Crippen molar-refractivity contribution < 1.29 is 4.79 Å². The number of piperidine rings is 1. The molecule has 27 heavy (non-hydrogen) atoms. The van der Waals surface area contributed by atoms with Gasteiger partial charge in [0.2, 0.25) is 0 Å². The molecule has 2 amide bonds. The summed E-state index contributed by atoms with van der Waals surface area (Å²) in [6.07, 6.45) is 3.81. The predicted octanol–water partition coefficient (Wildman–Crippen LogP) is 1.93. The van der Waals surface area contributed by atoms with Crippen LogP contribution in [0.25, 0.3) is 5.65 Å². The van der Waals surface area contributed by atoms with Gasteiger partial charge < -0.3 is 9.80 Å². The maximum absolute atomic E-state index is 12.4. The number of aromatic nitrogens is 2. The summed E-state index contributed by atoms with van der Waals surface area (Å²) in [5.74, 6) is 0.466. The Morgan fingerprint density at radius 2 is 2.07 bits per heavy atom. The van der Waals surface area contributed by atoms with Crippen LogP contribution in [0.5, 0.6) is 0 Å². The lowest BCUT2D eigenvalue weighted by atomic mass is 9.95. The Bertz CT molecular complexity index is 928. The van der Waals surface area contributed by atoms with Gasteiger partial charge in [-0.1, -0.05) is 11.6 Å². The molecule has 0 spiro atoms. The third kappa shape index (κ3) is 3.66. The van der Waals surface area contributed by atoms with Crippen molar-refractivity contribution in [3.63, 3.8) is 0 Å². The maximum atomic E-state index is 12.4. The number of halogens is 1. The molecule has 144 valence electrons. The molecule has 5 rings (SSSR count). The Kier molecular flexibility index (Phi) is 4.82. The molecule has 0 N–H and O–H groups in total. The molecule has 0 unspecified atom stereocenters. The third-order valence-corrected chi connectivity index (χ3v) is 5.75. The van der Waals surface area contributed by atoms with Crippen molar-refractivity contribution in [3.8, 4) is 0 Å². The van der Waals surface area contributed by atoms with Crippen LogP contribution in [0.2, 0.25) is 5.02 Å². The maximum Gasteiger partial charge on any atom is 0.319 e. The van der Waals surface area contributed by atoms with Crippen molar-refractivity contribution in [2.45, 2.75) is 25.4 Å². The number of nitrogens with zero attached hydrogens (tertiary/aromatic N) is 5. The van der Waals surface area contributed by atoms with Crippen molar-refractivity contribution in [1.29, 1.82) is 0 Å². The van der Waals surface area contributed by atoms with E-state index in [0.29, 0.717) is 29.2 Å². The van der Waals surface area contributed by atoms with E-state index in [1.165, 1.54) is 4.40 Å². The molecule has 2 atom stereocenters. The van der Waals surface area contributed by atoms with E-state index in [9.17, 15) is 9.59 Å². The zero-order valence-electron chi connectivity index (χ0n) is 15.6. The molecule has 7 nitrogen and oxygen atoms in total. The highest BCUT2D eigenvalue weighted by molar-refractivity contribution is 6.30. The van der Waals surface area contributed by atoms with Gasteiger partial charge >= 0.3 is 6.03 Å². The fourth-order valence-corrected chi connectivity index (χ4v) is 4.39. The molecule has 2 aromatic heterocycles. The van der Waals surface area contributed by atoms with Crippen molar-refractivity contribution in [2.75, 3.05) is 33.7 Å². The monoisotopic (exact) mass is 389 g/mol. The number of pyridine rings is 1. The second kappa shape index (κ2) is 7.13. The first kappa shape index (κ1) is 18.3. The number of hydrogen-bond donors (Lipinski definition) is 0. The van der Waals surface area contributed by atoms with Gasteiger partial charge in [0.05, 0.1) is 10.7 Å². The van der Waals surface area contributed by atoms with Crippen LogP contribution in [-0.4, -0.2) is 69.9 Å². The average molecular weight is 390 g/mol. The first-order valence-corrected chi connectivity index (χ1v) is 9.66. The number of carbonyl (C=O) groups excluding carboxylic acids is 1. The van der Waals surface area contributed by atoms with Crippen molar-refractivity contribution in [1.82, 2.24) is 24.1 Å². The molecule has 3 fully saturated rings. The van der Waals surface area contributed by atoms with Crippen LogP contribution in [-0.2, 0) is 6.54 Å². The van der Waals surface area contributed by atoms with Gasteiger partial charge in [-0.05, 0) is 30.9 Å². The highest BCUT2D eigenvalue weighted by atomic mass is 35.5. The minimum Gasteiger partial charge on any atom is -0.331 e. The molecule has 0 aromatic carbocycles. The Morgan fingerprint density at radius 3 is 2.85 bits per heavy atom.